The van der Waals surface area contributed by atoms with E-state index in [0.29, 0.717) is 0 Å². The molecule has 1 amide bonds. The zero-order valence-electron chi connectivity index (χ0n) is 12.0. The SMILES string of the molecule is CN1CCN(C(=O)[C@H](N)c2ccccc2)CC1(C)C. The van der Waals surface area contributed by atoms with Crippen LogP contribution in [0.25, 0.3) is 0 Å². The van der Waals surface area contributed by atoms with Crippen molar-refractivity contribution in [1.82, 2.24) is 9.80 Å². The third-order valence-electron chi connectivity index (χ3n) is 4.05. The van der Waals surface area contributed by atoms with E-state index in [1.807, 2.05) is 35.2 Å². The monoisotopic (exact) mass is 261 g/mol. The van der Waals surface area contributed by atoms with E-state index >= 15 is 0 Å². The topological polar surface area (TPSA) is 49.6 Å². The molecule has 4 nitrogen and oxygen atoms in total. The molecule has 0 bridgehead atoms. The molecule has 19 heavy (non-hydrogen) atoms. The Bertz CT molecular complexity index is 444. The molecule has 1 aromatic rings. The van der Waals surface area contributed by atoms with Crippen molar-refractivity contribution in [2.45, 2.75) is 25.4 Å². The highest BCUT2D eigenvalue weighted by Crippen LogP contribution is 2.21. The first-order chi connectivity index (χ1) is 8.92. The maximum Gasteiger partial charge on any atom is 0.244 e. The van der Waals surface area contributed by atoms with Crippen LogP contribution in [0.2, 0.25) is 0 Å². The van der Waals surface area contributed by atoms with E-state index in [-0.39, 0.29) is 11.4 Å². The van der Waals surface area contributed by atoms with Crippen molar-refractivity contribution in [3.8, 4) is 0 Å². The van der Waals surface area contributed by atoms with Crippen molar-refractivity contribution >= 4 is 5.91 Å². The second-order valence-corrected chi connectivity index (χ2v) is 5.88. The summed E-state index contributed by atoms with van der Waals surface area (Å²) in [5.41, 5.74) is 6.97. The second kappa shape index (κ2) is 5.31. The van der Waals surface area contributed by atoms with Crippen molar-refractivity contribution in [3.63, 3.8) is 0 Å². The molecule has 0 aromatic heterocycles. The zero-order chi connectivity index (χ0) is 14.0. The molecule has 0 unspecified atom stereocenters. The van der Waals surface area contributed by atoms with Crippen LogP contribution in [0.3, 0.4) is 0 Å². The number of carbonyl (C=O) groups is 1. The fourth-order valence-corrected chi connectivity index (χ4v) is 2.43. The molecule has 0 radical (unpaired) electrons. The fraction of sp³-hybridized carbons (Fsp3) is 0.533. The normalized spacial score (nSPS) is 21.2. The lowest BCUT2D eigenvalue weighted by Crippen LogP contribution is -2.60. The Labute approximate surface area is 115 Å². The highest BCUT2D eigenvalue weighted by atomic mass is 16.2. The van der Waals surface area contributed by atoms with Gasteiger partial charge in [0.15, 0.2) is 0 Å². The van der Waals surface area contributed by atoms with Gasteiger partial charge in [-0.2, -0.15) is 0 Å². The first kappa shape index (κ1) is 14.0. The van der Waals surface area contributed by atoms with E-state index in [9.17, 15) is 4.79 Å². The molecule has 4 heteroatoms. The predicted molar refractivity (Wildman–Crippen MR) is 76.7 cm³/mol. The van der Waals surface area contributed by atoms with Crippen LogP contribution in [-0.4, -0.2) is 47.9 Å². The first-order valence-electron chi connectivity index (χ1n) is 6.72. The average Bonchev–Trinajstić information content (AvgIpc) is 2.41. The number of rotatable bonds is 2. The van der Waals surface area contributed by atoms with Crippen LogP contribution in [0.15, 0.2) is 30.3 Å². The summed E-state index contributed by atoms with van der Waals surface area (Å²) in [6.45, 7) is 6.67. The summed E-state index contributed by atoms with van der Waals surface area (Å²) in [7, 11) is 2.10. The Morgan fingerprint density at radius 2 is 1.89 bits per heavy atom. The van der Waals surface area contributed by atoms with Crippen LogP contribution in [0.4, 0.5) is 0 Å². The minimum atomic E-state index is -0.555. The summed E-state index contributed by atoms with van der Waals surface area (Å²) in [5, 5.41) is 0. The summed E-state index contributed by atoms with van der Waals surface area (Å²) in [6.07, 6.45) is 0. The Hall–Kier alpha value is -1.39. The maximum atomic E-state index is 12.5. The first-order valence-corrected chi connectivity index (χ1v) is 6.72. The molecule has 1 aliphatic heterocycles. The Morgan fingerprint density at radius 3 is 2.47 bits per heavy atom. The third-order valence-corrected chi connectivity index (χ3v) is 4.05. The molecule has 1 aromatic carbocycles. The predicted octanol–water partition coefficient (Wildman–Crippen LogP) is 1.24. The summed E-state index contributed by atoms with van der Waals surface area (Å²) >= 11 is 0. The van der Waals surface area contributed by atoms with Gasteiger partial charge >= 0.3 is 0 Å². The van der Waals surface area contributed by atoms with Crippen LogP contribution in [-0.2, 0) is 4.79 Å². The number of amides is 1. The minimum Gasteiger partial charge on any atom is -0.338 e. The number of benzene rings is 1. The van der Waals surface area contributed by atoms with Gasteiger partial charge in [-0.3, -0.25) is 9.69 Å². The van der Waals surface area contributed by atoms with Crippen molar-refractivity contribution in [2.24, 2.45) is 5.73 Å². The summed E-state index contributed by atoms with van der Waals surface area (Å²) in [6, 6.07) is 9.01. The Kier molecular flexibility index (Phi) is 3.92. The minimum absolute atomic E-state index is 0.00428. The molecule has 2 rings (SSSR count). The number of hydrogen-bond acceptors (Lipinski definition) is 3. The molecule has 1 aliphatic rings. The highest BCUT2D eigenvalue weighted by molar-refractivity contribution is 5.83. The number of nitrogens with zero attached hydrogens (tertiary/aromatic N) is 2. The molecular weight excluding hydrogens is 238 g/mol. The smallest absolute Gasteiger partial charge is 0.244 e. The molecule has 1 fully saturated rings. The molecule has 1 heterocycles. The van der Waals surface area contributed by atoms with Gasteiger partial charge in [-0.15, -0.1) is 0 Å². The van der Waals surface area contributed by atoms with Crippen molar-refractivity contribution in [3.05, 3.63) is 35.9 Å². The fourth-order valence-electron chi connectivity index (χ4n) is 2.43. The van der Waals surface area contributed by atoms with Gasteiger partial charge in [0.05, 0.1) is 0 Å². The summed E-state index contributed by atoms with van der Waals surface area (Å²) in [4.78, 5) is 16.6. The third kappa shape index (κ3) is 2.96. The summed E-state index contributed by atoms with van der Waals surface area (Å²) < 4.78 is 0. The van der Waals surface area contributed by atoms with Crippen LogP contribution in [0.1, 0.15) is 25.5 Å². The second-order valence-electron chi connectivity index (χ2n) is 5.88. The molecule has 0 aliphatic carbocycles. The number of carbonyl (C=O) groups excluding carboxylic acids is 1. The quantitative estimate of drug-likeness (QED) is 0.871. The van der Waals surface area contributed by atoms with E-state index in [1.165, 1.54) is 0 Å². The van der Waals surface area contributed by atoms with E-state index in [4.69, 9.17) is 5.73 Å². The van der Waals surface area contributed by atoms with E-state index < -0.39 is 6.04 Å². The van der Waals surface area contributed by atoms with E-state index in [2.05, 4.69) is 25.8 Å². The lowest BCUT2D eigenvalue weighted by molar-refractivity contribution is -0.137. The van der Waals surface area contributed by atoms with Gasteiger partial charge in [-0.25, -0.2) is 0 Å². The molecular formula is C15H23N3O. The lowest BCUT2D eigenvalue weighted by atomic mass is 9.98. The highest BCUT2D eigenvalue weighted by Gasteiger charge is 2.34. The molecule has 1 saturated heterocycles. The number of piperazine rings is 1. The van der Waals surface area contributed by atoms with Gasteiger partial charge in [0.25, 0.3) is 0 Å². The van der Waals surface area contributed by atoms with Crippen molar-refractivity contribution in [2.75, 3.05) is 26.7 Å². The van der Waals surface area contributed by atoms with Gasteiger partial charge in [-0.1, -0.05) is 30.3 Å². The zero-order valence-corrected chi connectivity index (χ0v) is 12.0. The van der Waals surface area contributed by atoms with Crippen molar-refractivity contribution in [1.29, 1.82) is 0 Å². The van der Waals surface area contributed by atoms with Gasteiger partial charge in [0.1, 0.15) is 6.04 Å². The largest absolute Gasteiger partial charge is 0.338 e. The van der Waals surface area contributed by atoms with Gasteiger partial charge < -0.3 is 10.6 Å². The Balaban J connectivity index is 2.08. The van der Waals surface area contributed by atoms with Crippen LogP contribution in [0.5, 0.6) is 0 Å². The molecule has 104 valence electrons. The molecule has 2 N–H and O–H groups in total. The van der Waals surface area contributed by atoms with Gasteiger partial charge in [0.2, 0.25) is 5.91 Å². The lowest BCUT2D eigenvalue weighted by Gasteiger charge is -2.45. The number of hydrogen-bond donors (Lipinski definition) is 1. The van der Waals surface area contributed by atoms with Crippen LogP contribution in [0, 0.1) is 0 Å². The van der Waals surface area contributed by atoms with Crippen molar-refractivity contribution < 1.29 is 4.79 Å². The number of likely N-dealkylation sites (N-methyl/N-ethyl adjacent to an activating group) is 1. The maximum absolute atomic E-state index is 12.5. The standard InChI is InChI=1S/C15H23N3O/c1-15(2)11-18(10-9-17(15)3)14(19)13(16)12-7-5-4-6-8-12/h4-8,13H,9-11,16H2,1-3H3/t13-/m1/s1. The number of nitrogens with two attached hydrogens (primary N) is 1. The molecule has 1 atom stereocenters. The van der Waals surface area contributed by atoms with Crippen LogP contribution >= 0.6 is 0 Å². The van der Waals surface area contributed by atoms with Crippen LogP contribution < -0.4 is 5.73 Å². The molecule has 0 spiro atoms. The van der Waals surface area contributed by atoms with Gasteiger partial charge in [-0.05, 0) is 26.5 Å². The molecule has 0 saturated carbocycles. The average molecular weight is 261 g/mol. The summed E-state index contributed by atoms with van der Waals surface area (Å²) in [5.74, 6) is 0.0207. The van der Waals surface area contributed by atoms with E-state index in [0.717, 1.165) is 25.2 Å². The Morgan fingerprint density at radius 1 is 1.26 bits per heavy atom. The van der Waals surface area contributed by atoms with Gasteiger partial charge in [0, 0.05) is 25.2 Å². The van der Waals surface area contributed by atoms with E-state index in [1.54, 1.807) is 0 Å².